The van der Waals surface area contributed by atoms with Crippen molar-refractivity contribution in [1.82, 2.24) is 0 Å². The summed E-state index contributed by atoms with van der Waals surface area (Å²) in [5.41, 5.74) is 7.32. The molecule has 4 nitrogen and oxygen atoms in total. The Bertz CT molecular complexity index is 728. The number of sulfonamides is 1. The number of halogens is 1. The van der Waals surface area contributed by atoms with Gasteiger partial charge in [0.2, 0.25) is 0 Å². The van der Waals surface area contributed by atoms with Crippen molar-refractivity contribution in [3.05, 3.63) is 59.4 Å². The van der Waals surface area contributed by atoms with E-state index in [9.17, 15) is 12.8 Å². The molecule has 0 atom stereocenters. The Morgan fingerprint density at radius 3 is 2.38 bits per heavy atom. The van der Waals surface area contributed by atoms with Gasteiger partial charge in [-0.05, 0) is 61.3 Å². The fourth-order valence-electron chi connectivity index (χ4n) is 1.95. The number of rotatable bonds is 5. The van der Waals surface area contributed by atoms with Gasteiger partial charge < -0.3 is 5.73 Å². The molecule has 0 aliphatic carbocycles. The number of nitrogens with two attached hydrogens (primary N) is 1. The molecule has 6 heteroatoms. The number of anilines is 1. The second kappa shape index (κ2) is 6.24. The highest BCUT2D eigenvalue weighted by Crippen LogP contribution is 2.20. The smallest absolute Gasteiger partial charge is 0.261 e. The van der Waals surface area contributed by atoms with Crippen LogP contribution in [0.5, 0.6) is 0 Å². The summed E-state index contributed by atoms with van der Waals surface area (Å²) in [6, 6.07) is 10.4. The van der Waals surface area contributed by atoms with Crippen LogP contribution >= 0.6 is 0 Å². The fourth-order valence-corrected chi connectivity index (χ4v) is 3.08. The van der Waals surface area contributed by atoms with Gasteiger partial charge in [-0.2, -0.15) is 0 Å². The molecule has 0 spiro atoms. The van der Waals surface area contributed by atoms with Crippen molar-refractivity contribution >= 4 is 15.7 Å². The lowest BCUT2D eigenvalue weighted by molar-refractivity contribution is 0.601. The zero-order chi connectivity index (χ0) is 15.5. The van der Waals surface area contributed by atoms with Crippen molar-refractivity contribution < 1.29 is 12.8 Å². The molecule has 0 saturated carbocycles. The average Bonchev–Trinajstić information content (AvgIpc) is 2.43. The van der Waals surface area contributed by atoms with Crippen LogP contribution in [0.3, 0.4) is 0 Å². The van der Waals surface area contributed by atoms with Crippen LogP contribution in [0.4, 0.5) is 10.1 Å². The number of aryl methyl sites for hydroxylation is 1. The molecule has 0 radical (unpaired) electrons. The Hall–Kier alpha value is -1.92. The van der Waals surface area contributed by atoms with Crippen LogP contribution < -0.4 is 10.5 Å². The van der Waals surface area contributed by atoms with Crippen LogP contribution in [0, 0.1) is 12.7 Å². The summed E-state index contributed by atoms with van der Waals surface area (Å²) < 4.78 is 40.1. The first kappa shape index (κ1) is 15.5. The second-order valence-corrected chi connectivity index (χ2v) is 6.43. The minimum absolute atomic E-state index is 0.159. The molecular formula is C15H17FN2O2S. The molecule has 21 heavy (non-hydrogen) atoms. The minimum atomic E-state index is -3.68. The van der Waals surface area contributed by atoms with Crippen LogP contribution in [-0.4, -0.2) is 15.0 Å². The Labute approximate surface area is 123 Å². The fraction of sp³-hybridized carbons (Fsp3) is 0.200. The van der Waals surface area contributed by atoms with Crippen molar-refractivity contribution in [1.29, 1.82) is 0 Å². The molecule has 0 amide bonds. The molecule has 0 aliphatic heterocycles. The van der Waals surface area contributed by atoms with E-state index in [0.29, 0.717) is 24.2 Å². The molecule has 2 aromatic rings. The van der Waals surface area contributed by atoms with E-state index in [2.05, 4.69) is 4.72 Å². The Morgan fingerprint density at radius 2 is 1.81 bits per heavy atom. The van der Waals surface area contributed by atoms with Gasteiger partial charge in [-0.25, -0.2) is 12.8 Å². The van der Waals surface area contributed by atoms with Gasteiger partial charge in [0.05, 0.1) is 10.6 Å². The predicted molar refractivity (Wildman–Crippen MR) is 81.1 cm³/mol. The summed E-state index contributed by atoms with van der Waals surface area (Å²) in [5.74, 6) is -0.401. The quantitative estimate of drug-likeness (QED) is 0.891. The molecule has 112 valence electrons. The SMILES string of the molecule is Cc1cc(F)ccc1NS(=O)(=O)c1ccc(CCN)cc1. The van der Waals surface area contributed by atoms with E-state index in [-0.39, 0.29) is 4.90 Å². The van der Waals surface area contributed by atoms with E-state index in [0.717, 1.165) is 5.56 Å². The molecule has 0 unspecified atom stereocenters. The van der Waals surface area contributed by atoms with Crippen LogP contribution in [0.15, 0.2) is 47.4 Å². The van der Waals surface area contributed by atoms with E-state index in [1.807, 2.05) is 0 Å². The molecular weight excluding hydrogens is 291 g/mol. The van der Waals surface area contributed by atoms with Crippen LogP contribution in [-0.2, 0) is 16.4 Å². The third kappa shape index (κ3) is 3.80. The van der Waals surface area contributed by atoms with Crippen molar-refractivity contribution in [2.75, 3.05) is 11.3 Å². The van der Waals surface area contributed by atoms with Gasteiger partial charge in [-0.1, -0.05) is 12.1 Å². The molecule has 0 fully saturated rings. The van der Waals surface area contributed by atoms with Gasteiger partial charge >= 0.3 is 0 Å². The van der Waals surface area contributed by atoms with Crippen molar-refractivity contribution in [2.45, 2.75) is 18.2 Å². The topological polar surface area (TPSA) is 72.2 Å². The molecule has 2 rings (SSSR count). The monoisotopic (exact) mass is 308 g/mol. The van der Waals surface area contributed by atoms with E-state index in [1.54, 1.807) is 19.1 Å². The molecule has 0 aliphatic rings. The first-order chi connectivity index (χ1) is 9.92. The largest absolute Gasteiger partial charge is 0.330 e. The number of nitrogens with one attached hydrogen (secondary N) is 1. The van der Waals surface area contributed by atoms with Crippen molar-refractivity contribution in [2.24, 2.45) is 5.73 Å². The van der Waals surface area contributed by atoms with Gasteiger partial charge in [0.15, 0.2) is 0 Å². The first-order valence-electron chi connectivity index (χ1n) is 6.50. The summed E-state index contributed by atoms with van der Waals surface area (Å²) in [7, 11) is -3.68. The molecule has 2 aromatic carbocycles. The molecule has 0 aromatic heterocycles. The summed E-state index contributed by atoms with van der Waals surface area (Å²) in [6.45, 7) is 2.16. The first-order valence-corrected chi connectivity index (χ1v) is 7.98. The summed E-state index contributed by atoms with van der Waals surface area (Å²) in [6.07, 6.45) is 0.699. The van der Waals surface area contributed by atoms with Crippen LogP contribution in [0.25, 0.3) is 0 Å². The van der Waals surface area contributed by atoms with Crippen LogP contribution in [0.1, 0.15) is 11.1 Å². The highest BCUT2D eigenvalue weighted by molar-refractivity contribution is 7.92. The second-order valence-electron chi connectivity index (χ2n) is 4.75. The molecule has 0 bridgehead atoms. The lowest BCUT2D eigenvalue weighted by atomic mass is 10.2. The molecule has 0 saturated heterocycles. The van der Waals surface area contributed by atoms with E-state index in [1.165, 1.54) is 30.3 Å². The lowest BCUT2D eigenvalue weighted by Crippen LogP contribution is -2.14. The zero-order valence-electron chi connectivity index (χ0n) is 11.6. The van der Waals surface area contributed by atoms with E-state index >= 15 is 0 Å². The maximum absolute atomic E-state index is 13.0. The van der Waals surface area contributed by atoms with Crippen molar-refractivity contribution in [3.63, 3.8) is 0 Å². The average molecular weight is 308 g/mol. The zero-order valence-corrected chi connectivity index (χ0v) is 12.5. The number of benzene rings is 2. The molecule has 3 N–H and O–H groups in total. The summed E-state index contributed by atoms with van der Waals surface area (Å²) in [4.78, 5) is 0.159. The summed E-state index contributed by atoms with van der Waals surface area (Å²) in [5, 5.41) is 0. The van der Waals surface area contributed by atoms with Gasteiger partial charge in [0, 0.05) is 0 Å². The standard InChI is InChI=1S/C15H17FN2O2S/c1-11-10-13(16)4-7-15(11)18-21(19,20)14-5-2-12(3-6-14)8-9-17/h2-7,10,18H,8-9,17H2,1H3. The molecule has 0 heterocycles. The highest BCUT2D eigenvalue weighted by Gasteiger charge is 2.15. The lowest BCUT2D eigenvalue weighted by Gasteiger charge is -2.11. The Kier molecular flexibility index (Phi) is 4.59. The number of hydrogen-bond acceptors (Lipinski definition) is 3. The minimum Gasteiger partial charge on any atom is -0.330 e. The third-order valence-electron chi connectivity index (χ3n) is 3.10. The van der Waals surface area contributed by atoms with Crippen molar-refractivity contribution in [3.8, 4) is 0 Å². The van der Waals surface area contributed by atoms with Gasteiger partial charge in [-0.15, -0.1) is 0 Å². The van der Waals surface area contributed by atoms with E-state index < -0.39 is 15.8 Å². The summed E-state index contributed by atoms with van der Waals surface area (Å²) >= 11 is 0. The van der Waals surface area contributed by atoms with Gasteiger partial charge in [0.25, 0.3) is 10.0 Å². The highest BCUT2D eigenvalue weighted by atomic mass is 32.2. The van der Waals surface area contributed by atoms with Gasteiger partial charge in [0.1, 0.15) is 5.82 Å². The Morgan fingerprint density at radius 1 is 1.14 bits per heavy atom. The Balaban J connectivity index is 2.25. The van der Waals surface area contributed by atoms with E-state index in [4.69, 9.17) is 5.73 Å². The number of hydrogen-bond donors (Lipinski definition) is 2. The van der Waals surface area contributed by atoms with Crippen LogP contribution in [0.2, 0.25) is 0 Å². The normalized spacial score (nSPS) is 11.4. The maximum Gasteiger partial charge on any atom is 0.261 e. The maximum atomic E-state index is 13.0. The predicted octanol–water partition coefficient (Wildman–Crippen LogP) is 2.44. The van der Waals surface area contributed by atoms with Gasteiger partial charge in [-0.3, -0.25) is 4.72 Å². The third-order valence-corrected chi connectivity index (χ3v) is 4.48.